The molecule has 1 aromatic heterocycles. The molecule has 11 nitrogen and oxygen atoms in total. The van der Waals surface area contributed by atoms with Crippen molar-refractivity contribution < 1.29 is 27.6 Å². The fraction of sp³-hybridized carbons (Fsp3) is 0.600. The number of anilines is 2. The van der Waals surface area contributed by atoms with E-state index in [0.717, 1.165) is 71.3 Å². The van der Waals surface area contributed by atoms with Crippen molar-refractivity contribution in [2.45, 2.75) is 70.0 Å². The molecule has 0 amide bonds. The molecule has 4 heterocycles. The van der Waals surface area contributed by atoms with Crippen LogP contribution >= 0.6 is 0 Å². The first kappa shape index (κ1) is 32.3. The Balaban J connectivity index is 1.23. The lowest BCUT2D eigenvalue weighted by Crippen LogP contribution is -2.59. The summed E-state index contributed by atoms with van der Waals surface area (Å²) >= 11 is 0. The third-order valence-electron chi connectivity index (χ3n) is 12.0. The molecule has 2 saturated heterocycles. The first-order valence-corrected chi connectivity index (χ1v) is 17.3. The summed E-state index contributed by atoms with van der Waals surface area (Å²) in [6, 6.07) is 9.31. The van der Waals surface area contributed by atoms with Crippen LogP contribution in [0.25, 0.3) is 6.08 Å². The van der Waals surface area contributed by atoms with Crippen LogP contribution in [-0.2, 0) is 28.0 Å². The summed E-state index contributed by atoms with van der Waals surface area (Å²) < 4.78 is 43.2. The van der Waals surface area contributed by atoms with Crippen LogP contribution in [0.4, 0.5) is 24.7 Å². The number of aromatic nitrogens is 2. The fourth-order valence-electron chi connectivity index (χ4n) is 10.3. The van der Waals surface area contributed by atoms with Crippen molar-refractivity contribution in [2.24, 2.45) is 36.1 Å². The number of Topliss-reactive ketones (excluding diaryl/α,β-unsaturated/α-hetero) is 1. The van der Waals surface area contributed by atoms with E-state index in [1.165, 1.54) is 7.05 Å². The number of likely N-dealkylation sites (tertiary alicyclic amines) is 1. The van der Waals surface area contributed by atoms with Crippen LogP contribution < -0.4 is 26.5 Å². The van der Waals surface area contributed by atoms with Gasteiger partial charge in [0.05, 0.1) is 6.54 Å². The van der Waals surface area contributed by atoms with Crippen LogP contribution in [0.5, 0.6) is 0 Å². The van der Waals surface area contributed by atoms with Crippen molar-refractivity contribution in [1.29, 1.82) is 0 Å². The minimum atomic E-state index is -5.33. The number of benzene rings is 1. The Hall–Kier alpha value is -3.91. The molecule has 3 atom stereocenters. The van der Waals surface area contributed by atoms with Gasteiger partial charge in [-0.1, -0.05) is 42.5 Å². The number of hydroxylamine groups is 1. The predicted molar refractivity (Wildman–Crippen MR) is 174 cm³/mol. The number of fused-ring (bicyclic) bond motifs is 2. The maximum absolute atomic E-state index is 14.6. The van der Waals surface area contributed by atoms with E-state index in [2.05, 4.69) is 5.32 Å². The van der Waals surface area contributed by atoms with Gasteiger partial charge in [-0.3, -0.25) is 23.6 Å². The zero-order chi connectivity index (χ0) is 34.2. The first-order valence-electron chi connectivity index (χ1n) is 17.3. The summed E-state index contributed by atoms with van der Waals surface area (Å²) in [5, 5.41) is 4.12. The fourth-order valence-corrected chi connectivity index (χ4v) is 10.3. The maximum atomic E-state index is 14.6. The van der Waals surface area contributed by atoms with Gasteiger partial charge in [-0.2, -0.15) is 13.2 Å². The molecule has 0 radical (unpaired) electrons. The Kier molecular flexibility index (Phi) is 7.82. The summed E-state index contributed by atoms with van der Waals surface area (Å²) in [5.41, 5.74) is -1.42. The third kappa shape index (κ3) is 5.42. The van der Waals surface area contributed by atoms with Crippen molar-refractivity contribution in [2.75, 3.05) is 36.1 Å². The Morgan fingerprint density at radius 1 is 1.02 bits per heavy atom. The minimum absolute atomic E-state index is 0.0459. The third-order valence-corrected chi connectivity index (χ3v) is 12.0. The zero-order valence-electron chi connectivity index (χ0n) is 27.4. The molecule has 4 bridgehead atoms. The van der Waals surface area contributed by atoms with E-state index in [1.807, 2.05) is 41.3 Å². The molecule has 4 saturated carbocycles. The van der Waals surface area contributed by atoms with Crippen molar-refractivity contribution in [3.63, 3.8) is 0 Å². The molecular formula is C35H41F3N6O5. The minimum Gasteiger partial charge on any atom is -0.327 e. The van der Waals surface area contributed by atoms with Crippen LogP contribution in [-0.4, -0.2) is 70.5 Å². The normalized spacial score (nSPS) is 31.9. The molecule has 262 valence electrons. The van der Waals surface area contributed by atoms with E-state index >= 15 is 0 Å². The highest BCUT2D eigenvalue weighted by molar-refractivity contribution is 5.85. The molecular weight excluding hydrogens is 641 g/mol. The highest BCUT2D eigenvalue weighted by Gasteiger charge is 2.56. The largest absolute Gasteiger partial charge is 0.493 e. The molecule has 4 aliphatic carbocycles. The quantitative estimate of drug-likeness (QED) is 0.449. The van der Waals surface area contributed by atoms with Gasteiger partial charge in [0.25, 0.3) is 5.56 Å². The second kappa shape index (κ2) is 11.9. The van der Waals surface area contributed by atoms with E-state index in [0.29, 0.717) is 30.8 Å². The molecule has 1 N–H and O–H groups in total. The van der Waals surface area contributed by atoms with Crippen molar-refractivity contribution in [3.8, 4) is 0 Å². The van der Waals surface area contributed by atoms with Gasteiger partial charge in [-0.15, -0.1) is 5.06 Å². The number of alkyl halides is 3. The number of hydrogen-bond donors (Lipinski definition) is 1. The van der Waals surface area contributed by atoms with Crippen molar-refractivity contribution in [1.82, 2.24) is 19.4 Å². The average Bonchev–Trinajstić information content (AvgIpc) is 3.76. The molecule has 3 aliphatic heterocycles. The number of rotatable bonds is 8. The Bertz CT molecular complexity index is 1770. The van der Waals surface area contributed by atoms with Crippen LogP contribution in [0, 0.1) is 29.1 Å². The second-order valence-corrected chi connectivity index (χ2v) is 15.1. The van der Waals surface area contributed by atoms with E-state index in [4.69, 9.17) is 4.84 Å². The predicted octanol–water partition coefficient (Wildman–Crippen LogP) is 3.27. The highest BCUT2D eigenvalue weighted by Crippen LogP contribution is 2.60. The standard InChI is InChI=1S/C35H41F3N6O5/c1-40-29-28(30(46)43(33(40)48)20-27(45)34-15-22-12-23(16-34)14-24(13-22)17-34)42(10-5-8-21-6-3-2-4-7-21)32(44(29)49-31(47)35(36,37)38)41-11-9-25-18-39-19-26(25)41/h2-8,22-26,32,39H,9-20H2,1H3. The van der Waals surface area contributed by atoms with E-state index in [1.54, 1.807) is 11.0 Å². The molecule has 1 aromatic carbocycles. The number of hydrogen-bond acceptors (Lipinski definition) is 9. The Labute approximate surface area is 281 Å². The van der Waals surface area contributed by atoms with Gasteiger partial charge >= 0.3 is 17.8 Å². The van der Waals surface area contributed by atoms with Crippen molar-refractivity contribution in [3.05, 3.63) is 62.8 Å². The van der Waals surface area contributed by atoms with Gasteiger partial charge in [0, 0.05) is 38.1 Å². The Morgan fingerprint density at radius 3 is 2.35 bits per heavy atom. The van der Waals surface area contributed by atoms with Gasteiger partial charge in [0.15, 0.2) is 23.6 Å². The Morgan fingerprint density at radius 2 is 1.69 bits per heavy atom. The summed E-state index contributed by atoms with van der Waals surface area (Å²) in [6.07, 6.45) is 3.58. The molecule has 7 aliphatic rings. The number of nitrogens with one attached hydrogen (secondary N) is 1. The van der Waals surface area contributed by atoms with Crippen LogP contribution in [0.3, 0.4) is 0 Å². The zero-order valence-corrected chi connectivity index (χ0v) is 27.4. The van der Waals surface area contributed by atoms with Gasteiger partial charge in [-0.05, 0) is 80.7 Å². The summed E-state index contributed by atoms with van der Waals surface area (Å²) in [6.45, 7) is 1.40. The summed E-state index contributed by atoms with van der Waals surface area (Å²) in [4.78, 5) is 63.8. The van der Waals surface area contributed by atoms with Gasteiger partial charge in [0.1, 0.15) is 0 Å². The molecule has 0 spiro atoms. The average molecular weight is 683 g/mol. The number of halogens is 3. The SMILES string of the molecule is Cn1c2c(c(=O)n(CC(=O)C34CC5CC(CC(C5)C3)C4)c1=O)N(CC=Cc1ccccc1)C(N1CCC3CNCC31)N2OC(=O)C(F)(F)F. The smallest absolute Gasteiger partial charge is 0.327 e. The molecule has 3 unspecified atom stereocenters. The number of nitrogens with zero attached hydrogens (tertiary/aromatic N) is 5. The number of carbonyl (C=O) groups is 2. The van der Waals surface area contributed by atoms with Crippen molar-refractivity contribution >= 4 is 29.3 Å². The second-order valence-electron chi connectivity index (χ2n) is 15.1. The van der Waals surface area contributed by atoms with E-state index < -0.39 is 41.6 Å². The van der Waals surface area contributed by atoms with Crippen LogP contribution in [0.1, 0.15) is 50.5 Å². The molecule has 2 aromatic rings. The van der Waals surface area contributed by atoms with E-state index in [9.17, 15) is 32.3 Å². The topological polar surface area (TPSA) is 109 Å². The summed E-state index contributed by atoms with van der Waals surface area (Å²) in [7, 11) is 1.34. The lowest BCUT2D eigenvalue weighted by molar-refractivity contribution is -0.203. The van der Waals surface area contributed by atoms with Gasteiger partial charge in [-0.25, -0.2) is 9.59 Å². The number of ketones is 1. The van der Waals surface area contributed by atoms with Gasteiger partial charge in [0.2, 0.25) is 0 Å². The van der Waals surface area contributed by atoms with E-state index in [-0.39, 0.29) is 35.8 Å². The lowest BCUT2D eigenvalue weighted by Gasteiger charge is -2.56. The van der Waals surface area contributed by atoms with Crippen LogP contribution in [0.2, 0.25) is 0 Å². The maximum Gasteiger partial charge on any atom is 0.493 e. The highest BCUT2D eigenvalue weighted by atomic mass is 19.4. The van der Waals surface area contributed by atoms with Gasteiger partial charge < -0.3 is 15.1 Å². The number of carbonyl (C=O) groups excluding carboxylic acids is 2. The van der Waals surface area contributed by atoms with Crippen LogP contribution in [0.15, 0.2) is 46.0 Å². The first-order chi connectivity index (χ1) is 23.4. The lowest BCUT2D eigenvalue weighted by atomic mass is 9.48. The monoisotopic (exact) mass is 682 g/mol. The molecule has 14 heteroatoms. The molecule has 9 rings (SSSR count). The molecule has 49 heavy (non-hydrogen) atoms. The summed E-state index contributed by atoms with van der Waals surface area (Å²) in [5.74, 6) is -1.19. The molecule has 6 fully saturated rings.